The molecular formula is C20H33N3O6. The summed E-state index contributed by atoms with van der Waals surface area (Å²) in [6, 6.07) is -2.42. The number of amides is 3. The van der Waals surface area contributed by atoms with Crippen LogP contribution in [0.15, 0.2) is 0 Å². The minimum absolute atomic E-state index is 0.265. The van der Waals surface area contributed by atoms with Gasteiger partial charge in [-0.25, -0.2) is 4.79 Å². The van der Waals surface area contributed by atoms with Crippen LogP contribution in [0.4, 0.5) is 4.79 Å². The molecule has 3 atom stereocenters. The first-order valence-electron chi connectivity index (χ1n) is 10.3. The van der Waals surface area contributed by atoms with Crippen molar-refractivity contribution in [3.63, 3.8) is 0 Å². The highest BCUT2D eigenvalue weighted by molar-refractivity contribution is 5.93. The fourth-order valence-corrected chi connectivity index (χ4v) is 3.76. The number of hydrogen-bond acceptors (Lipinski definition) is 5. The van der Waals surface area contributed by atoms with Crippen LogP contribution < -0.4 is 5.32 Å². The Bertz CT molecular complexity index is 645. The van der Waals surface area contributed by atoms with Crippen LogP contribution >= 0.6 is 0 Å². The van der Waals surface area contributed by atoms with E-state index in [0.717, 1.165) is 25.7 Å². The molecule has 0 aromatic heterocycles. The van der Waals surface area contributed by atoms with E-state index in [1.807, 2.05) is 0 Å². The first-order chi connectivity index (χ1) is 13.5. The van der Waals surface area contributed by atoms with Crippen molar-refractivity contribution in [2.45, 2.75) is 89.9 Å². The quantitative estimate of drug-likeness (QED) is 0.728. The molecule has 29 heavy (non-hydrogen) atoms. The lowest BCUT2D eigenvalue weighted by Gasteiger charge is -2.41. The lowest BCUT2D eigenvalue weighted by atomic mass is 9.96. The summed E-state index contributed by atoms with van der Waals surface area (Å²) >= 11 is 0. The predicted octanol–water partition coefficient (Wildman–Crippen LogP) is 1.75. The monoisotopic (exact) mass is 411 g/mol. The van der Waals surface area contributed by atoms with E-state index in [9.17, 15) is 19.2 Å². The molecule has 0 spiro atoms. The average molecular weight is 411 g/mol. The van der Waals surface area contributed by atoms with Crippen LogP contribution in [0.2, 0.25) is 0 Å². The number of aliphatic carboxylic acids is 1. The van der Waals surface area contributed by atoms with Gasteiger partial charge in [0.25, 0.3) is 0 Å². The van der Waals surface area contributed by atoms with Crippen LogP contribution in [-0.2, 0) is 19.1 Å². The van der Waals surface area contributed by atoms with E-state index >= 15 is 0 Å². The normalized spacial score (nSPS) is 23.9. The van der Waals surface area contributed by atoms with Crippen molar-refractivity contribution in [3.05, 3.63) is 0 Å². The minimum atomic E-state index is -1.13. The fourth-order valence-electron chi connectivity index (χ4n) is 3.76. The van der Waals surface area contributed by atoms with Crippen molar-refractivity contribution >= 4 is 23.9 Å². The zero-order chi connectivity index (χ0) is 21.8. The van der Waals surface area contributed by atoms with Crippen LogP contribution in [0, 0.1) is 0 Å². The van der Waals surface area contributed by atoms with Gasteiger partial charge in [-0.1, -0.05) is 0 Å². The number of likely N-dealkylation sites (tertiary alicyclic amines) is 2. The summed E-state index contributed by atoms with van der Waals surface area (Å²) < 4.78 is 5.47. The number of carboxylic acid groups (broad SMARTS) is 1. The zero-order valence-electron chi connectivity index (χ0n) is 17.8. The number of carbonyl (C=O) groups excluding carboxylic acids is 3. The smallest absolute Gasteiger partial charge is 0.410 e. The van der Waals surface area contributed by atoms with Gasteiger partial charge in [0.15, 0.2) is 0 Å². The third-order valence-electron chi connectivity index (χ3n) is 5.23. The van der Waals surface area contributed by atoms with Gasteiger partial charge in [-0.15, -0.1) is 0 Å². The summed E-state index contributed by atoms with van der Waals surface area (Å²) in [4.78, 5) is 52.7. The second kappa shape index (κ2) is 9.45. The second-order valence-electron chi connectivity index (χ2n) is 8.80. The lowest BCUT2D eigenvalue weighted by molar-refractivity contribution is -0.148. The molecule has 0 unspecified atom stereocenters. The maximum atomic E-state index is 13.3. The van der Waals surface area contributed by atoms with Crippen molar-refractivity contribution in [2.24, 2.45) is 0 Å². The number of carboxylic acids is 1. The Morgan fingerprint density at radius 2 is 1.52 bits per heavy atom. The molecule has 2 saturated heterocycles. The highest BCUT2D eigenvalue weighted by atomic mass is 16.6. The summed E-state index contributed by atoms with van der Waals surface area (Å²) in [5.41, 5.74) is -0.664. The molecule has 2 aliphatic rings. The molecule has 0 aromatic carbocycles. The number of carbonyl (C=O) groups is 4. The lowest BCUT2D eigenvalue weighted by Crippen LogP contribution is -2.60. The molecule has 2 aliphatic heterocycles. The average Bonchev–Trinajstić information content (AvgIpc) is 2.65. The Morgan fingerprint density at radius 3 is 2.07 bits per heavy atom. The van der Waals surface area contributed by atoms with Gasteiger partial charge in [0.1, 0.15) is 23.7 Å². The van der Waals surface area contributed by atoms with E-state index in [2.05, 4.69) is 5.32 Å². The van der Waals surface area contributed by atoms with Crippen LogP contribution in [0.1, 0.15) is 66.2 Å². The van der Waals surface area contributed by atoms with Gasteiger partial charge >= 0.3 is 12.1 Å². The number of nitrogens with one attached hydrogen (secondary N) is 1. The third kappa shape index (κ3) is 6.08. The van der Waals surface area contributed by atoms with E-state index in [4.69, 9.17) is 9.84 Å². The maximum Gasteiger partial charge on any atom is 0.410 e. The van der Waals surface area contributed by atoms with Gasteiger partial charge in [0, 0.05) is 13.1 Å². The summed E-state index contributed by atoms with van der Waals surface area (Å²) in [6.45, 7) is 7.57. The van der Waals surface area contributed by atoms with E-state index in [0.29, 0.717) is 25.9 Å². The summed E-state index contributed by atoms with van der Waals surface area (Å²) in [5.74, 6) is -1.86. The van der Waals surface area contributed by atoms with E-state index in [1.54, 1.807) is 20.8 Å². The van der Waals surface area contributed by atoms with Gasteiger partial charge in [-0.2, -0.15) is 0 Å². The van der Waals surface area contributed by atoms with Gasteiger partial charge in [0.2, 0.25) is 11.8 Å². The number of piperidine rings is 2. The molecule has 2 N–H and O–H groups in total. The Morgan fingerprint density at radius 1 is 0.966 bits per heavy atom. The maximum absolute atomic E-state index is 13.3. The molecule has 0 aliphatic carbocycles. The molecule has 0 radical (unpaired) electrons. The standard InChI is InChI=1S/C20H33N3O6/c1-13(18(26)27)21-16(24)14-9-5-7-11-22(14)17(25)15-10-6-8-12-23(15)19(28)29-20(2,3)4/h13-15H,5-12H2,1-4H3,(H,21,24)(H,26,27)/t13-,14-,15-/m0/s1. The molecular weight excluding hydrogens is 378 g/mol. The van der Waals surface area contributed by atoms with Crippen molar-refractivity contribution in [1.82, 2.24) is 15.1 Å². The first kappa shape index (κ1) is 23.0. The number of ether oxygens (including phenoxy) is 1. The van der Waals surface area contributed by atoms with Crippen LogP contribution in [0.25, 0.3) is 0 Å². The summed E-state index contributed by atoms with van der Waals surface area (Å²) in [6.07, 6.45) is 3.64. The van der Waals surface area contributed by atoms with Crippen molar-refractivity contribution < 1.29 is 29.0 Å². The second-order valence-corrected chi connectivity index (χ2v) is 8.80. The molecule has 164 valence electrons. The minimum Gasteiger partial charge on any atom is -0.480 e. The molecule has 2 rings (SSSR count). The first-order valence-corrected chi connectivity index (χ1v) is 10.3. The Labute approximate surface area is 171 Å². The number of rotatable bonds is 4. The summed E-state index contributed by atoms with van der Waals surface area (Å²) in [5, 5.41) is 11.5. The fraction of sp³-hybridized carbons (Fsp3) is 0.800. The van der Waals surface area contributed by atoms with Gasteiger partial charge < -0.3 is 20.1 Å². The summed E-state index contributed by atoms with van der Waals surface area (Å²) in [7, 11) is 0. The SMILES string of the molecule is C[C@H](NC(=O)[C@@H]1CCCCN1C(=O)[C@@H]1CCCCN1C(=O)OC(C)(C)C)C(=O)O. The van der Waals surface area contributed by atoms with Crippen molar-refractivity contribution in [1.29, 1.82) is 0 Å². The van der Waals surface area contributed by atoms with Gasteiger partial charge in [0.05, 0.1) is 0 Å². The van der Waals surface area contributed by atoms with Gasteiger partial charge in [-0.3, -0.25) is 19.3 Å². The highest BCUT2D eigenvalue weighted by Crippen LogP contribution is 2.25. The molecule has 3 amide bonds. The Balaban J connectivity index is 2.16. The van der Waals surface area contributed by atoms with Crippen molar-refractivity contribution in [3.8, 4) is 0 Å². The van der Waals surface area contributed by atoms with Crippen LogP contribution in [-0.4, -0.2) is 75.6 Å². The van der Waals surface area contributed by atoms with Crippen molar-refractivity contribution in [2.75, 3.05) is 13.1 Å². The Kier molecular flexibility index (Phi) is 7.48. The molecule has 2 heterocycles. The van der Waals surface area contributed by atoms with E-state index in [1.165, 1.54) is 16.7 Å². The van der Waals surface area contributed by atoms with Crippen LogP contribution in [0.3, 0.4) is 0 Å². The number of hydrogen-bond donors (Lipinski definition) is 2. The van der Waals surface area contributed by atoms with Crippen LogP contribution in [0.5, 0.6) is 0 Å². The highest BCUT2D eigenvalue weighted by Gasteiger charge is 2.41. The predicted molar refractivity (Wildman–Crippen MR) is 105 cm³/mol. The molecule has 0 aromatic rings. The molecule has 2 fully saturated rings. The van der Waals surface area contributed by atoms with Gasteiger partial charge in [-0.05, 0) is 66.2 Å². The molecule has 9 nitrogen and oxygen atoms in total. The molecule has 0 bridgehead atoms. The zero-order valence-corrected chi connectivity index (χ0v) is 17.8. The molecule has 0 saturated carbocycles. The van der Waals surface area contributed by atoms with E-state index < -0.39 is 41.7 Å². The molecule has 9 heteroatoms. The Hall–Kier alpha value is -2.32. The number of nitrogens with zero attached hydrogens (tertiary/aromatic N) is 2. The topological polar surface area (TPSA) is 116 Å². The van der Waals surface area contributed by atoms with E-state index in [-0.39, 0.29) is 5.91 Å². The third-order valence-corrected chi connectivity index (χ3v) is 5.23. The largest absolute Gasteiger partial charge is 0.480 e.